The van der Waals surface area contributed by atoms with Gasteiger partial charge in [-0.25, -0.2) is 13.8 Å². The first kappa shape index (κ1) is 24.5. The summed E-state index contributed by atoms with van der Waals surface area (Å²) < 4.78 is 39.8. The molecule has 14 heteroatoms. The fraction of sp³-hybridized carbons (Fsp3) is 0.160. The van der Waals surface area contributed by atoms with Crippen LogP contribution in [0.5, 0.6) is 11.5 Å². The molecule has 0 fully saturated rings. The number of ether oxygens (including phenoxy) is 2. The van der Waals surface area contributed by atoms with Crippen LogP contribution in [0.15, 0.2) is 36.5 Å². The molecule has 4 aromatic heterocycles. The summed E-state index contributed by atoms with van der Waals surface area (Å²) in [6, 6.07) is 8.03. The maximum atomic E-state index is 13.7. The van der Waals surface area contributed by atoms with Crippen molar-refractivity contribution in [3.8, 4) is 33.9 Å². The third kappa shape index (κ3) is 4.14. The number of fused-ring (bicyclic) bond motifs is 2. The molecule has 0 bridgehead atoms. The topological polar surface area (TPSA) is 150 Å². The number of benzene rings is 1. The average Bonchev–Trinajstić information content (AvgIpc) is 3.70. The van der Waals surface area contributed by atoms with E-state index in [1.807, 2.05) is 0 Å². The number of carbonyl (C=O) groups is 2. The number of thiophene rings is 1. The normalized spacial score (nSPS) is 12.4. The first-order valence-corrected chi connectivity index (χ1v) is 12.3. The molecule has 1 aliphatic heterocycles. The van der Waals surface area contributed by atoms with Gasteiger partial charge in [0.15, 0.2) is 11.5 Å². The number of nitrogens with one attached hydrogen (secondary N) is 2. The molecule has 6 rings (SSSR count). The molecule has 0 spiro atoms. The number of alkyl halides is 2. The van der Waals surface area contributed by atoms with Crippen LogP contribution in [0, 0.1) is 6.92 Å². The molecule has 0 saturated carbocycles. The van der Waals surface area contributed by atoms with Crippen molar-refractivity contribution in [2.24, 2.45) is 12.8 Å². The van der Waals surface area contributed by atoms with Crippen LogP contribution in [-0.2, 0) is 7.05 Å². The number of nitrogens with two attached hydrogens (primary N) is 1. The van der Waals surface area contributed by atoms with E-state index in [4.69, 9.17) is 15.2 Å². The van der Waals surface area contributed by atoms with Gasteiger partial charge in [0, 0.05) is 29.3 Å². The van der Waals surface area contributed by atoms with E-state index in [1.165, 1.54) is 18.3 Å². The minimum absolute atomic E-state index is 0.0319. The summed E-state index contributed by atoms with van der Waals surface area (Å²) >= 11 is 0.823. The van der Waals surface area contributed by atoms with Crippen LogP contribution in [0.25, 0.3) is 32.6 Å². The third-order valence-electron chi connectivity index (χ3n) is 6.38. The highest BCUT2D eigenvalue weighted by atomic mass is 32.1. The molecule has 0 radical (unpaired) electrons. The molecule has 1 aliphatic rings. The lowest BCUT2D eigenvalue weighted by atomic mass is 10.0. The van der Waals surface area contributed by atoms with Gasteiger partial charge in [-0.2, -0.15) is 10.2 Å². The lowest BCUT2D eigenvalue weighted by Gasteiger charge is -2.10. The molecule has 0 atom stereocenters. The SMILES string of the molecule is Cc1c(-c2cc(C(F)F)nc3sc(C(N)=O)c(NC(=O)c4cc(-c5ccc6c(c5)OCO6)n[nH]4)c23)cnn1C. The fourth-order valence-electron chi connectivity index (χ4n) is 4.32. The summed E-state index contributed by atoms with van der Waals surface area (Å²) in [4.78, 5) is 29.8. The number of carbonyl (C=O) groups excluding carboxylic acids is 2. The molecule has 11 nitrogen and oxygen atoms in total. The van der Waals surface area contributed by atoms with E-state index in [-0.39, 0.29) is 27.9 Å². The van der Waals surface area contributed by atoms with Crippen molar-refractivity contribution in [2.45, 2.75) is 13.3 Å². The van der Waals surface area contributed by atoms with Crippen LogP contribution in [0.4, 0.5) is 14.5 Å². The van der Waals surface area contributed by atoms with Gasteiger partial charge in [0.05, 0.1) is 17.6 Å². The number of H-pyrrole nitrogens is 1. The highest BCUT2D eigenvalue weighted by Crippen LogP contribution is 2.43. The van der Waals surface area contributed by atoms with Crippen molar-refractivity contribution in [3.63, 3.8) is 0 Å². The van der Waals surface area contributed by atoms with Crippen LogP contribution in [0.2, 0.25) is 0 Å². The van der Waals surface area contributed by atoms with Gasteiger partial charge >= 0.3 is 0 Å². The number of hydrogen-bond donors (Lipinski definition) is 3. The number of halogens is 2. The van der Waals surface area contributed by atoms with Crippen LogP contribution in [0.3, 0.4) is 0 Å². The second kappa shape index (κ2) is 9.16. The smallest absolute Gasteiger partial charge is 0.280 e. The van der Waals surface area contributed by atoms with Gasteiger partial charge in [-0.15, -0.1) is 11.3 Å². The van der Waals surface area contributed by atoms with Gasteiger partial charge in [0.1, 0.15) is 21.1 Å². The lowest BCUT2D eigenvalue weighted by Crippen LogP contribution is -2.17. The molecule has 0 unspecified atom stereocenters. The van der Waals surface area contributed by atoms with E-state index in [0.29, 0.717) is 45.0 Å². The molecule has 2 amide bonds. The average molecular weight is 552 g/mol. The van der Waals surface area contributed by atoms with Gasteiger partial charge in [-0.05, 0) is 42.8 Å². The van der Waals surface area contributed by atoms with Crippen LogP contribution < -0.4 is 20.5 Å². The number of aryl methyl sites for hydroxylation is 1. The highest BCUT2D eigenvalue weighted by molar-refractivity contribution is 7.21. The minimum atomic E-state index is -2.86. The molecule has 39 heavy (non-hydrogen) atoms. The molecule has 4 N–H and O–H groups in total. The van der Waals surface area contributed by atoms with Crippen molar-refractivity contribution in [3.05, 3.63) is 58.5 Å². The number of aromatic amines is 1. The summed E-state index contributed by atoms with van der Waals surface area (Å²) in [6.45, 7) is 1.90. The van der Waals surface area contributed by atoms with Crippen molar-refractivity contribution in [1.29, 1.82) is 0 Å². The van der Waals surface area contributed by atoms with Gasteiger partial charge in [-0.1, -0.05) is 0 Å². The van der Waals surface area contributed by atoms with E-state index in [1.54, 1.807) is 36.9 Å². The number of anilines is 1. The quantitative estimate of drug-likeness (QED) is 0.283. The van der Waals surface area contributed by atoms with Gasteiger partial charge < -0.3 is 20.5 Å². The number of nitrogens with zero attached hydrogens (tertiary/aromatic N) is 4. The summed E-state index contributed by atoms with van der Waals surface area (Å²) in [7, 11) is 1.71. The predicted octanol–water partition coefficient (Wildman–Crippen LogP) is 4.41. The number of pyridine rings is 1. The van der Waals surface area contributed by atoms with Gasteiger partial charge in [0.2, 0.25) is 6.79 Å². The Morgan fingerprint density at radius 2 is 1.97 bits per heavy atom. The van der Waals surface area contributed by atoms with E-state index in [9.17, 15) is 18.4 Å². The Hall–Kier alpha value is -4.85. The maximum Gasteiger partial charge on any atom is 0.280 e. The van der Waals surface area contributed by atoms with E-state index < -0.39 is 23.9 Å². The Balaban J connectivity index is 1.43. The standard InChI is InChI=1S/C25H19F2N7O4S/c1-10-13(8-29-34(10)2)12-6-15(22(26)27)30-25-19(12)20(21(39-25)23(28)35)31-24(36)16-7-14(32-33-16)11-3-4-17-18(5-11)38-9-37-17/h3-8,22H,9H2,1-2H3,(H2,28,35)(H,31,36)(H,32,33). The third-order valence-corrected chi connectivity index (χ3v) is 7.48. The summed E-state index contributed by atoms with van der Waals surface area (Å²) in [5, 5.41) is 14.1. The number of aromatic nitrogens is 5. The van der Waals surface area contributed by atoms with Crippen molar-refractivity contribution >= 4 is 39.1 Å². The molecule has 1 aromatic carbocycles. The van der Waals surface area contributed by atoms with Gasteiger partial charge in [-0.3, -0.25) is 19.4 Å². The zero-order chi connectivity index (χ0) is 27.4. The second-order valence-corrected chi connectivity index (χ2v) is 9.70. The molecule has 5 heterocycles. The highest BCUT2D eigenvalue weighted by Gasteiger charge is 2.27. The van der Waals surface area contributed by atoms with Crippen LogP contribution in [-0.4, -0.2) is 43.6 Å². The molecule has 198 valence electrons. The zero-order valence-corrected chi connectivity index (χ0v) is 21.2. The molecule has 0 saturated heterocycles. The number of rotatable bonds is 6. The Labute approximate surface area is 222 Å². The summed E-state index contributed by atoms with van der Waals surface area (Å²) in [6.07, 6.45) is -1.33. The van der Waals surface area contributed by atoms with E-state index in [2.05, 4.69) is 25.6 Å². The Morgan fingerprint density at radius 3 is 2.69 bits per heavy atom. The maximum absolute atomic E-state index is 13.7. The summed E-state index contributed by atoms with van der Waals surface area (Å²) in [5.41, 5.74) is 8.04. The largest absolute Gasteiger partial charge is 0.454 e. The second-order valence-electron chi connectivity index (χ2n) is 8.70. The zero-order valence-electron chi connectivity index (χ0n) is 20.4. The Kier molecular flexibility index (Phi) is 5.75. The monoisotopic (exact) mass is 551 g/mol. The van der Waals surface area contributed by atoms with Crippen molar-refractivity contribution < 1.29 is 27.8 Å². The van der Waals surface area contributed by atoms with E-state index in [0.717, 1.165) is 11.3 Å². The fourth-order valence-corrected chi connectivity index (χ4v) is 5.33. The molecular formula is C25H19F2N7O4S. The van der Waals surface area contributed by atoms with Gasteiger partial charge in [0.25, 0.3) is 18.2 Å². The molecule has 0 aliphatic carbocycles. The Morgan fingerprint density at radius 1 is 1.18 bits per heavy atom. The Bertz CT molecular complexity index is 1790. The first-order chi connectivity index (χ1) is 18.7. The predicted molar refractivity (Wildman–Crippen MR) is 138 cm³/mol. The molecule has 5 aromatic rings. The molecular weight excluding hydrogens is 532 g/mol. The van der Waals surface area contributed by atoms with Crippen LogP contribution >= 0.6 is 11.3 Å². The van der Waals surface area contributed by atoms with Crippen LogP contribution in [0.1, 0.15) is 38.0 Å². The number of hydrogen-bond acceptors (Lipinski definition) is 8. The number of primary amides is 1. The summed E-state index contributed by atoms with van der Waals surface area (Å²) in [5.74, 6) is -0.292. The van der Waals surface area contributed by atoms with Crippen molar-refractivity contribution in [2.75, 3.05) is 12.1 Å². The number of amides is 2. The van der Waals surface area contributed by atoms with Crippen molar-refractivity contribution in [1.82, 2.24) is 25.0 Å². The lowest BCUT2D eigenvalue weighted by molar-refractivity contribution is 0.100. The van der Waals surface area contributed by atoms with E-state index >= 15 is 0 Å². The first-order valence-electron chi connectivity index (χ1n) is 11.5. The minimum Gasteiger partial charge on any atom is -0.454 e.